The van der Waals surface area contributed by atoms with Crippen LogP contribution in [-0.4, -0.2) is 62.4 Å². The summed E-state index contributed by atoms with van der Waals surface area (Å²) in [7, 11) is 0. The minimum Gasteiger partial charge on any atom is -0.369 e. The molecule has 2 heterocycles. The number of aldehydes is 1. The lowest BCUT2D eigenvalue weighted by atomic mass is 10.2. The van der Waals surface area contributed by atoms with Crippen molar-refractivity contribution in [2.24, 2.45) is 0 Å². The molecule has 2 aliphatic rings. The maximum atomic E-state index is 12.1. The van der Waals surface area contributed by atoms with Gasteiger partial charge in [0.1, 0.15) is 6.29 Å². The van der Waals surface area contributed by atoms with Crippen LogP contribution < -0.4 is 15.1 Å². The molecule has 0 bridgehead atoms. The van der Waals surface area contributed by atoms with E-state index >= 15 is 0 Å². The third-order valence-electron chi connectivity index (χ3n) is 4.81. The number of urea groups is 1. The zero-order valence-electron chi connectivity index (χ0n) is 14.6. The second-order valence-electron chi connectivity index (χ2n) is 6.53. The Kier molecular flexibility index (Phi) is 6.11. The van der Waals surface area contributed by atoms with E-state index in [0.29, 0.717) is 23.7 Å². The van der Waals surface area contributed by atoms with Crippen LogP contribution in [0.25, 0.3) is 0 Å². The molecule has 0 unspecified atom stereocenters. The number of hydrogen-bond donors (Lipinski definition) is 1. The predicted molar refractivity (Wildman–Crippen MR) is 101 cm³/mol. The molecule has 1 N–H and O–H groups in total. The second-order valence-corrected chi connectivity index (χ2v) is 6.94. The van der Waals surface area contributed by atoms with Crippen LogP contribution in [0.5, 0.6) is 0 Å². The first kappa shape index (κ1) is 18.7. The number of carbonyl (C=O) groups is 3. The average molecular weight is 379 g/mol. The number of halogens is 1. The molecule has 2 saturated heterocycles. The summed E-state index contributed by atoms with van der Waals surface area (Å²) in [6, 6.07) is 5.24. The molecule has 0 atom stereocenters. The highest BCUT2D eigenvalue weighted by Gasteiger charge is 2.26. The van der Waals surface area contributed by atoms with Crippen molar-refractivity contribution < 1.29 is 14.4 Å². The maximum absolute atomic E-state index is 12.1. The second kappa shape index (κ2) is 8.51. The average Bonchev–Trinajstić information content (AvgIpc) is 2.64. The molecule has 2 aliphatic heterocycles. The number of nitrogens with zero attached hydrogens (tertiary/aromatic N) is 3. The summed E-state index contributed by atoms with van der Waals surface area (Å²) >= 11 is 6.30. The Labute approximate surface area is 157 Å². The van der Waals surface area contributed by atoms with E-state index < -0.39 is 6.03 Å². The molecule has 0 radical (unpaired) electrons. The first-order chi connectivity index (χ1) is 12.6. The van der Waals surface area contributed by atoms with Gasteiger partial charge in [-0.25, -0.2) is 4.79 Å². The Morgan fingerprint density at radius 2 is 1.88 bits per heavy atom. The van der Waals surface area contributed by atoms with Crippen molar-refractivity contribution in [2.75, 3.05) is 49.1 Å². The van der Waals surface area contributed by atoms with E-state index in [0.717, 1.165) is 51.1 Å². The molecule has 26 heavy (non-hydrogen) atoms. The maximum Gasteiger partial charge on any atom is 0.328 e. The number of imide groups is 1. The fourth-order valence-electron chi connectivity index (χ4n) is 3.33. The third kappa shape index (κ3) is 4.34. The molecule has 0 saturated carbocycles. The van der Waals surface area contributed by atoms with E-state index in [1.165, 1.54) is 4.90 Å². The topological polar surface area (TPSA) is 73.0 Å². The zero-order valence-corrected chi connectivity index (χ0v) is 15.4. The highest BCUT2D eigenvalue weighted by molar-refractivity contribution is 6.34. The Balaban J connectivity index is 1.66. The standard InChI is InChI=1S/C18H23ClN4O3/c19-15-4-3-14(13-16(15)23-7-5-17(25)20-18(23)26)22-10-8-21(9-11-22)6-1-2-12-24/h3-4,12-13H,1-2,5-11H2,(H,20,25,26). The molecule has 3 amide bonds. The van der Waals surface area contributed by atoms with Gasteiger partial charge in [0.2, 0.25) is 5.91 Å². The van der Waals surface area contributed by atoms with E-state index in [-0.39, 0.29) is 12.3 Å². The molecule has 0 aromatic heterocycles. The van der Waals surface area contributed by atoms with Gasteiger partial charge in [0.05, 0.1) is 10.7 Å². The Bertz CT molecular complexity index is 689. The monoisotopic (exact) mass is 378 g/mol. The van der Waals surface area contributed by atoms with Crippen LogP contribution >= 0.6 is 11.6 Å². The van der Waals surface area contributed by atoms with Crippen molar-refractivity contribution in [3.05, 3.63) is 23.2 Å². The van der Waals surface area contributed by atoms with Crippen LogP contribution in [0.2, 0.25) is 5.02 Å². The van der Waals surface area contributed by atoms with Crippen LogP contribution in [0.1, 0.15) is 19.3 Å². The van der Waals surface area contributed by atoms with E-state index in [1.807, 2.05) is 12.1 Å². The third-order valence-corrected chi connectivity index (χ3v) is 5.13. The van der Waals surface area contributed by atoms with Crippen LogP contribution in [0.4, 0.5) is 16.2 Å². The first-order valence-electron chi connectivity index (χ1n) is 8.90. The lowest BCUT2D eigenvalue weighted by molar-refractivity contribution is -0.120. The summed E-state index contributed by atoms with van der Waals surface area (Å²) in [5.74, 6) is -0.260. The summed E-state index contributed by atoms with van der Waals surface area (Å²) in [5, 5.41) is 2.82. The largest absolute Gasteiger partial charge is 0.369 e. The molecular formula is C18H23ClN4O3. The van der Waals surface area contributed by atoms with Gasteiger partial charge in [-0.15, -0.1) is 0 Å². The number of piperazine rings is 1. The van der Waals surface area contributed by atoms with Crippen LogP contribution in [0.15, 0.2) is 18.2 Å². The molecule has 140 valence electrons. The van der Waals surface area contributed by atoms with Crippen molar-refractivity contribution in [3.63, 3.8) is 0 Å². The number of hydrogen-bond acceptors (Lipinski definition) is 5. The van der Waals surface area contributed by atoms with Gasteiger partial charge in [-0.1, -0.05) is 11.6 Å². The lowest BCUT2D eigenvalue weighted by Crippen LogP contribution is -2.50. The molecule has 1 aromatic carbocycles. The molecule has 3 rings (SSSR count). The van der Waals surface area contributed by atoms with Gasteiger partial charge in [0.15, 0.2) is 0 Å². The quantitative estimate of drug-likeness (QED) is 0.604. The highest BCUT2D eigenvalue weighted by Crippen LogP contribution is 2.32. The smallest absolute Gasteiger partial charge is 0.328 e. The molecule has 7 nitrogen and oxygen atoms in total. The highest BCUT2D eigenvalue weighted by atomic mass is 35.5. The van der Waals surface area contributed by atoms with Crippen molar-refractivity contribution in [3.8, 4) is 0 Å². The number of carbonyl (C=O) groups excluding carboxylic acids is 3. The Morgan fingerprint density at radius 3 is 2.58 bits per heavy atom. The molecule has 0 spiro atoms. The summed E-state index contributed by atoms with van der Waals surface area (Å²) in [6.45, 7) is 4.92. The summed E-state index contributed by atoms with van der Waals surface area (Å²) < 4.78 is 0. The van der Waals surface area contributed by atoms with Gasteiger partial charge in [-0.05, 0) is 31.2 Å². The van der Waals surface area contributed by atoms with E-state index in [1.54, 1.807) is 6.07 Å². The zero-order chi connectivity index (χ0) is 18.5. The number of rotatable bonds is 6. The van der Waals surface area contributed by atoms with Gasteiger partial charge in [-0.2, -0.15) is 0 Å². The first-order valence-corrected chi connectivity index (χ1v) is 9.28. The van der Waals surface area contributed by atoms with Crippen molar-refractivity contribution >= 4 is 41.2 Å². The summed E-state index contributed by atoms with van der Waals surface area (Å²) in [5.41, 5.74) is 1.64. The van der Waals surface area contributed by atoms with Crippen molar-refractivity contribution in [1.82, 2.24) is 10.2 Å². The van der Waals surface area contributed by atoms with Gasteiger partial charge in [-0.3, -0.25) is 19.9 Å². The minimum atomic E-state index is -0.430. The van der Waals surface area contributed by atoms with Crippen LogP contribution in [-0.2, 0) is 9.59 Å². The van der Waals surface area contributed by atoms with Gasteiger partial charge in [0, 0.05) is 51.3 Å². The van der Waals surface area contributed by atoms with E-state index in [2.05, 4.69) is 15.1 Å². The Morgan fingerprint density at radius 1 is 1.12 bits per heavy atom. The number of anilines is 2. The normalized spacial score (nSPS) is 18.8. The van der Waals surface area contributed by atoms with Crippen LogP contribution in [0.3, 0.4) is 0 Å². The Hall–Kier alpha value is -2.12. The number of unbranched alkanes of at least 4 members (excludes halogenated alkanes) is 1. The molecule has 8 heteroatoms. The number of benzene rings is 1. The fourth-order valence-corrected chi connectivity index (χ4v) is 3.55. The molecule has 2 fully saturated rings. The van der Waals surface area contributed by atoms with Gasteiger partial charge in [0.25, 0.3) is 0 Å². The predicted octanol–water partition coefficient (Wildman–Crippen LogP) is 1.89. The minimum absolute atomic E-state index is 0.260. The van der Waals surface area contributed by atoms with Crippen molar-refractivity contribution in [2.45, 2.75) is 19.3 Å². The van der Waals surface area contributed by atoms with Gasteiger partial charge < -0.3 is 9.69 Å². The summed E-state index contributed by atoms with van der Waals surface area (Å²) in [4.78, 5) is 40.0. The molecule has 1 aromatic rings. The number of amides is 3. The fraction of sp³-hybridized carbons (Fsp3) is 0.500. The lowest BCUT2D eigenvalue weighted by Gasteiger charge is -2.36. The van der Waals surface area contributed by atoms with E-state index in [9.17, 15) is 14.4 Å². The number of nitrogens with one attached hydrogen (secondary N) is 1. The summed E-state index contributed by atoms with van der Waals surface area (Å²) in [6.07, 6.45) is 2.75. The van der Waals surface area contributed by atoms with Crippen molar-refractivity contribution in [1.29, 1.82) is 0 Å². The molecule has 0 aliphatic carbocycles. The van der Waals surface area contributed by atoms with Crippen LogP contribution in [0, 0.1) is 0 Å². The molecular weight excluding hydrogens is 356 g/mol. The van der Waals surface area contributed by atoms with E-state index in [4.69, 9.17) is 11.6 Å². The SMILES string of the molecule is O=CCCCN1CCN(c2ccc(Cl)c(N3CCC(=O)NC3=O)c2)CC1. The van der Waals surface area contributed by atoms with Gasteiger partial charge >= 0.3 is 6.03 Å².